The molecule has 0 aromatic rings. The molecule has 212 valence electrons. The molecule has 4 aliphatic heterocycles. The molecule has 0 aromatic carbocycles. The molecule has 0 aromatic heterocycles. The summed E-state index contributed by atoms with van der Waals surface area (Å²) in [5.74, 6) is -2.41. The van der Waals surface area contributed by atoms with Gasteiger partial charge in [0.1, 0.15) is 17.6 Å². The Kier molecular flexibility index (Phi) is 9.28. The second-order valence-electron chi connectivity index (χ2n) is 11.0. The maximum absolute atomic E-state index is 14.3. The van der Waals surface area contributed by atoms with E-state index in [1.807, 2.05) is 6.92 Å². The van der Waals surface area contributed by atoms with Crippen LogP contribution < -0.4 is 0 Å². The van der Waals surface area contributed by atoms with Crippen molar-refractivity contribution >= 4 is 17.8 Å². The Balaban J connectivity index is 1.62. The quantitative estimate of drug-likeness (QED) is 0.200. The molecule has 2 bridgehead atoms. The van der Waals surface area contributed by atoms with Crippen molar-refractivity contribution in [3.8, 4) is 0 Å². The summed E-state index contributed by atoms with van der Waals surface area (Å²) in [7, 11) is 0. The minimum atomic E-state index is -1.08. The number of ether oxygens (including phenoxy) is 3. The van der Waals surface area contributed by atoms with Gasteiger partial charge in [-0.2, -0.15) is 0 Å². The third kappa shape index (κ3) is 5.28. The number of aliphatic hydroxyl groups excluding tert-OH is 1. The molecule has 2 amide bonds. The van der Waals surface area contributed by atoms with Gasteiger partial charge in [-0.15, -0.1) is 13.2 Å². The number of esters is 1. The lowest BCUT2D eigenvalue weighted by Gasteiger charge is -2.37. The molecule has 4 rings (SSSR count). The van der Waals surface area contributed by atoms with Crippen molar-refractivity contribution in [1.82, 2.24) is 14.7 Å². The topological polar surface area (TPSA) is 109 Å². The van der Waals surface area contributed by atoms with Gasteiger partial charge >= 0.3 is 5.97 Å². The number of amides is 2. The predicted octanol–water partition coefficient (Wildman–Crippen LogP) is 0.990. The number of hydrogen-bond donors (Lipinski definition) is 1. The zero-order valence-electron chi connectivity index (χ0n) is 22.6. The SMILES string of the molecule is C=CCCOC(=O)[C@@H]1[C@H]2C(=O)N(CCCCO)C(C(=O)N(CC=C)CCN3CCOCC3)C23CC[C@@]1(C)O3. The Labute approximate surface area is 225 Å². The number of nitrogens with zero attached hydrogens (tertiary/aromatic N) is 3. The van der Waals surface area contributed by atoms with E-state index in [1.165, 1.54) is 0 Å². The van der Waals surface area contributed by atoms with Gasteiger partial charge in [-0.1, -0.05) is 12.2 Å². The van der Waals surface area contributed by atoms with Gasteiger partial charge in [0.25, 0.3) is 0 Å². The van der Waals surface area contributed by atoms with Crippen LogP contribution in [0.25, 0.3) is 0 Å². The van der Waals surface area contributed by atoms with E-state index in [4.69, 9.17) is 14.2 Å². The van der Waals surface area contributed by atoms with Crippen LogP contribution in [0.5, 0.6) is 0 Å². The lowest BCUT2D eigenvalue weighted by Crippen LogP contribution is -2.57. The smallest absolute Gasteiger partial charge is 0.312 e. The van der Waals surface area contributed by atoms with Crippen molar-refractivity contribution < 1.29 is 33.7 Å². The summed E-state index contributed by atoms with van der Waals surface area (Å²) in [4.78, 5) is 47.2. The van der Waals surface area contributed by atoms with Crippen molar-refractivity contribution in [1.29, 1.82) is 0 Å². The summed E-state index contributed by atoms with van der Waals surface area (Å²) in [6.07, 6.45) is 6.06. The standard InChI is InChI=1S/C28H43N3O7/c1-4-6-18-37-26(35)22-21-24(33)31(12-7-8-17-32)23(28(21)10-9-27(22,3)38-28)25(34)30(11-5-2)14-13-29-15-19-36-20-16-29/h4-5,21-23,32H,1-2,6-20H2,3H3/t21-,22-,23?,27+,28?/m0/s1. The van der Waals surface area contributed by atoms with Gasteiger partial charge in [-0.05, 0) is 39.0 Å². The highest BCUT2D eigenvalue weighted by Gasteiger charge is 2.78. The normalized spacial score (nSPS) is 32.3. The van der Waals surface area contributed by atoms with E-state index in [0.29, 0.717) is 71.5 Å². The Hall–Kier alpha value is -2.27. The zero-order chi connectivity index (χ0) is 27.3. The van der Waals surface area contributed by atoms with Crippen molar-refractivity contribution in [2.45, 2.75) is 56.3 Å². The molecule has 4 saturated heterocycles. The molecular formula is C28H43N3O7. The number of fused-ring (bicyclic) bond motifs is 1. The molecule has 0 radical (unpaired) electrons. The summed E-state index contributed by atoms with van der Waals surface area (Å²) in [5.41, 5.74) is -1.94. The Bertz CT molecular complexity index is 907. The second kappa shape index (κ2) is 12.3. The zero-order valence-corrected chi connectivity index (χ0v) is 22.6. The van der Waals surface area contributed by atoms with E-state index in [0.717, 1.165) is 13.1 Å². The van der Waals surface area contributed by atoms with Crippen molar-refractivity contribution in [3.05, 3.63) is 25.3 Å². The average Bonchev–Trinajstić information content (AvgIpc) is 3.48. The number of rotatable bonds is 14. The molecule has 0 saturated carbocycles. The van der Waals surface area contributed by atoms with E-state index >= 15 is 0 Å². The molecule has 1 spiro atoms. The Morgan fingerprint density at radius 2 is 1.95 bits per heavy atom. The maximum Gasteiger partial charge on any atom is 0.312 e. The van der Waals surface area contributed by atoms with Crippen LogP contribution in [0.4, 0.5) is 0 Å². The van der Waals surface area contributed by atoms with Crippen LogP contribution >= 0.6 is 0 Å². The first-order valence-corrected chi connectivity index (χ1v) is 13.9. The van der Waals surface area contributed by atoms with Crippen molar-refractivity contribution in [3.63, 3.8) is 0 Å². The van der Waals surface area contributed by atoms with E-state index in [1.54, 1.807) is 22.0 Å². The van der Waals surface area contributed by atoms with Gasteiger partial charge in [0.05, 0.1) is 31.3 Å². The van der Waals surface area contributed by atoms with Gasteiger partial charge in [-0.25, -0.2) is 0 Å². The van der Waals surface area contributed by atoms with Gasteiger partial charge in [0.2, 0.25) is 11.8 Å². The first kappa shape index (κ1) is 28.7. The predicted molar refractivity (Wildman–Crippen MR) is 140 cm³/mol. The number of carbonyl (C=O) groups excluding carboxylic acids is 3. The van der Waals surface area contributed by atoms with Gasteiger partial charge < -0.3 is 29.1 Å². The Morgan fingerprint density at radius 3 is 2.63 bits per heavy atom. The van der Waals surface area contributed by atoms with E-state index in [-0.39, 0.29) is 25.0 Å². The van der Waals surface area contributed by atoms with Crippen LogP contribution in [0.3, 0.4) is 0 Å². The van der Waals surface area contributed by atoms with Crippen LogP contribution in [0, 0.1) is 11.8 Å². The van der Waals surface area contributed by atoms with E-state index in [2.05, 4.69) is 18.1 Å². The van der Waals surface area contributed by atoms with Crippen LogP contribution in [0.15, 0.2) is 25.3 Å². The summed E-state index contributed by atoms with van der Waals surface area (Å²) < 4.78 is 17.6. The van der Waals surface area contributed by atoms with Gasteiger partial charge in [-0.3, -0.25) is 19.3 Å². The third-order valence-electron chi connectivity index (χ3n) is 8.59. The van der Waals surface area contributed by atoms with E-state index < -0.39 is 35.0 Å². The lowest BCUT2D eigenvalue weighted by atomic mass is 9.66. The number of aliphatic hydroxyl groups is 1. The summed E-state index contributed by atoms with van der Waals surface area (Å²) in [6, 6.07) is -0.837. The van der Waals surface area contributed by atoms with Crippen LogP contribution in [0.2, 0.25) is 0 Å². The number of morpholine rings is 1. The largest absolute Gasteiger partial charge is 0.465 e. The number of carbonyl (C=O) groups is 3. The third-order valence-corrected chi connectivity index (χ3v) is 8.59. The van der Waals surface area contributed by atoms with Crippen molar-refractivity contribution in [2.24, 2.45) is 11.8 Å². The number of unbranched alkanes of at least 4 members (excludes halogenated alkanes) is 1. The molecule has 5 atom stereocenters. The lowest BCUT2D eigenvalue weighted by molar-refractivity contribution is -0.160. The minimum absolute atomic E-state index is 0.00415. The highest BCUT2D eigenvalue weighted by molar-refractivity contribution is 5.98. The fourth-order valence-electron chi connectivity index (χ4n) is 6.74. The molecule has 4 aliphatic rings. The molecule has 1 N–H and O–H groups in total. The van der Waals surface area contributed by atoms with Crippen LogP contribution in [-0.2, 0) is 28.6 Å². The molecule has 4 heterocycles. The molecule has 2 unspecified atom stereocenters. The number of hydrogen-bond acceptors (Lipinski definition) is 8. The van der Waals surface area contributed by atoms with Gasteiger partial charge in [0.15, 0.2) is 0 Å². The first-order chi connectivity index (χ1) is 18.3. The second-order valence-corrected chi connectivity index (χ2v) is 11.0. The fraction of sp³-hybridized carbons (Fsp3) is 0.750. The van der Waals surface area contributed by atoms with Crippen LogP contribution in [-0.4, -0.2) is 121 Å². The minimum Gasteiger partial charge on any atom is -0.465 e. The highest BCUT2D eigenvalue weighted by Crippen LogP contribution is 2.63. The van der Waals surface area contributed by atoms with Gasteiger partial charge in [0, 0.05) is 45.9 Å². The van der Waals surface area contributed by atoms with Crippen molar-refractivity contribution in [2.75, 3.05) is 65.7 Å². The molecular weight excluding hydrogens is 490 g/mol. The summed E-state index contributed by atoms with van der Waals surface area (Å²) >= 11 is 0. The maximum atomic E-state index is 14.3. The summed E-state index contributed by atoms with van der Waals surface area (Å²) in [6.45, 7) is 14.4. The monoisotopic (exact) mass is 533 g/mol. The summed E-state index contributed by atoms with van der Waals surface area (Å²) in [5, 5.41) is 9.35. The highest BCUT2D eigenvalue weighted by atomic mass is 16.6. The molecule has 10 nitrogen and oxygen atoms in total. The number of likely N-dealkylation sites (tertiary alicyclic amines) is 1. The molecule has 4 fully saturated rings. The molecule has 10 heteroatoms. The fourth-order valence-corrected chi connectivity index (χ4v) is 6.74. The first-order valence-electron chi connectivity index (χ1n) is 13.9. The van der Waals surface area contributed by atoms with Crippen LogP contribution in [0.1, 0.15) is 39.0 Å². The average molecular weight is 534 g/mol. The molecule has 0 aliphatic carbocycles. The Morgan fingerprint density at radius 1 is 1.18 bits per heavy atom. The van der Waals surface area contributed by atoms with E-state index in [9.17, 15) is 19.5 Å². The molecule has 38 heavy (non-hydrogen) atoms.